The number of carbonyl (C=O) groups is 1. The van der Waals surface area contributed by atoms with E-state index in [2.05, 4.69) is 33.3 Å². The van der Waals surface area contributed by atoms with Crippen molar-refractivity contribution in [3.8, 4) is 0 Å². The van der Waals surface area contributed by atoms with E-state index in [1.807, 2.05) is 0 Å². The van der Waals surface area contributed by atoms with Crippen molar-refractivity contribution in [3.05, 3.63) is 49.9 Å². The number of hydrogen-bond acceptors (Lipinski definition) is 8. The first-order chi connectivity index (χ1) is 14.9. The molecule has 0 aromatic carbocycles. The maximum absolute atomic E-state index is 12.7. The third-order valence-corrected chi connectivity index (χ3v) is 6.66. The van der Waals surface area contributed by atoms with Gasteiger partial charge < -0.3 is 15.3 Å². The summed E-state index contributed by atoms with van der Waals surface area (Å²) in [5.41, 5.74) is -0.675. The highest BCUT2D eigenvalue weighted by Crippen LogP contribution is 2.28. The van der Waals surface area contributed by atoms with Gasteiger partial charge in [-0.15, -0.1) is 11.3 Å². The van der Waals surface area contributed by atoms with Gasteiger partial charge in [-0.05, 0) is 19.4 Å². The number of aryl methyl sites for hydroxylation is 2. The van der Waals surface area contributed by atoms with E-state index >= 15 is 0 Å². The molecular formula is C20H24N6O4S. The minimum absolute atomic E-state index is 0.131. The zero-order valence-corrected chi connectivity index (χ0v) is 18.1. The van der Waals surface area contributed by atoms with Crippen molar-refractivity contribution < 1.29 is 9.90 Å². The van der Waals surface area contributed by atoms with Crippen LogP contribution in [0.3, 0.4) is 0 Å². The summed E-state index contributed by atoms with van der Waals surface area (Å²) in [6, 6.07) is 1.47. The summed E-state index contributed by atoms with van der Waals surface area (Å²) >= 11 is 1.63. The van der Waals surface area contributed by atoms with Crippen LogP contribution in [0.4, 0.5) is 5.82 Å². The van der Waals surface area contributed by atoms with Crippen molar-refractivity contribution in [2.45, 2.75) is 38.8 Å². The van der Waals surface area contributed by atoms with Crippen LogP contribution in [0.25, 0.3) is 10.2 Å². The Morgan fingerprint density at radius 3 is 2.94 bits per heavy atom. The molecule has 0 spiro atoms. The van der Waals surface area contributed by atoms with Crippen molar-refractivity contribution in [1.29, 1.82) is 0 Å². The normalized spacial score (nSPS) is 18.6. The Hall–Kier alpha value is -3.05. The molecule has 1 fully saturated rings. The predicted molar refractivity (Wildman–Crippen MR) is 118 cm³/mol. The highest BCUT2D eigenvalue weighted by atomic mass is 32.1. The van der Waals surface area contributed by atoms with Crippen molar-refractivity contribution in [2.75, 3.05) is 25.0 Å². The number of rotatable bonds is 6. The van der Waals surface area contributed by atoms with Crippen molar-refractivity contribution in [1.82, 2.24) is 24.4 Å². The molecule has 0 unspecified atom stereocenters. The summed E-state index contributed by atoms with van der Waals surface area (Å²) in [5, 5.41) is 14.6. The Balaban J connectivity index is 1.39. The minimum Gasteiger partial charge on any atom is -0.389 e. The quantitative estimate of drug-likeness (QED) is 0.509. The summed E-state index contributed by atoms with van der Waals surface area (Å²) in [5.74, 6) is 0.566. The lowest BCUT2D eigenvalue weighted by Crippen LogP contribution is -2.37. The fourth-order valence-electron chi connectivity index (χ4n) is 3.75. The van der Waals surface area contributed by atoms with Gasteiger partial charge in [0.25, 0.3) is 5.56 Å². The molecule has 10 nitrogen and oxygen atoms in total. The highest BCUT2D eigenvalue weighted by Gasteiger charge is 2.35. The van der Waals surface area contributed by atoms with Gasteiger partial charge in [0.2, 0.25) is 5.91 Å². The van der Waals surface area contributed by atoms with E-state index in [-0.39, 0.29) is 25.4 Å². The van der Waals surface area contributed by atoms with E-state index in [1.54, 1.807) is 23.2 Å². The smallest absolute Gasteiger partial charge is 0.328 e. The summed E-state index contributed by atoms with van der Waals surface area (Å²) < 4.78 is 1.30. The zero-order valence-electron chi connectivity index (χ0n) is 17.3. The molecule has 31 heavy (non-hydrogen) atoms. The van der Waals surface area contributed by atoms with Crippen molar-refractivity contribution in [2.24, 2.45) is 0 Å². The van der Waals surface area contributed by atoms with Gasteiger partial charge in [-0.1, -0.05) is 6.92 Å². The van der Waals surface area contributed by atoms with Crippen LogP contribution in [0.2, 0.25) is 0 Å². The maximum Gasteiger partial charge on any atom is 0.328 e. The third kappa shape index (κ3) is 4.23. The topological polar surface area (TPSA) is 133 Å². The molecule has 3 N–H and O–H groups in total. The molecule has 3 aromatic heterocycles. The van der Waals surface area contributed by atoms with Gasteiger partial charge in [0.15, 0.2) is 0 Å². The fourth-order valence-corrected chi connectivity index (χ4v) is 4.68. The summed E-state index contributed by atoms with van der Waals surface area (Å²) in [6.45, 7) is 4.40. The average molecular weight is 445 g/mol. The number of fused-ring (bicyclic) bond motifs is 1. The molecule has 1 amide bonds. The number of nitrogens with one attached hydrogen (secondary N) is 2. The second kappa shape index (κ2) is 8.60. The first kappa shape index (κ1) is 21.2. The number of anilines is 1. The highest BCUT2D eigenvalue weighted by molar-refractivity contribution is 7.18. The molecule has 1 aliphatic heterocycles. The van der Waals surface area contributed by atoms with Crippen LogP contribution in [0.5, 0.6) is 0 Å². The monoisotopic (exact) mass is 444 g/mol. The largest absolute Gasteiger partial charge is 0.389 e. The Kier molecular flexibility index (Phi) is 5.88. The van der Waals surface area contributed by atoms with Gasteiger partial charge in [-0.25, -0.2) is 14.8 Å². The number of aromatic nitrogens is 4. The number of aliphatic hydroxyl groups is 1. The second-order valence-electron chi connectivity index (χ2n) is 7.60. The van der Waals surface area contributed by atoms with E-state index in [9.17, 15) is 19.5 Å². The molecule has 0 aliphatic carbocycles. The van der Waals surface area contributed by atoms with Gasteiger partial charge in [0.05, 0.1) is 17.5 Å². The van der Waals surface area contributed by atoms with E-state index in [0.29, 0.717) is 17.9 Å². The van der Waals surface area contributed by atoms with Gasteiger partial charge in [0.1, 0.15) is 17.0 Å². The Labute approximate surface area is 181 Å². The number of carbonyl (C=O) groups excluding carboxylic acids is 1. The van der Waals surface area contributed by atoms with Gasteiger partial charge in [-0.3, -0.25) is 19.1 Å². The van der Waals surface area contributed by atoms with Gasteiger partial charge >= 0.3 is 5.69 Å². The molecule has 2 atom stereocenters. The van der Waals surface area contributed by atoms with E-state index < -0.39 is 23.4 Å². The van der Waals surface area contributed by atoms with Crippen LogP contribution >= 0.6 is 11.3 Å². The minimum atomic E-state index is -0.889. The number of H-pyrrole nitrogens is 1. The average Bonchev–Trinajstić information content (AvgIpc) is 3.34. The number of β-amino-alcohol motifs (C(OH)–C–C–N with tert-alkyl or cyclic N) is 1. The van der Waals surface area contributed by atoms with Crippen LogP contribution in [0.1, 0.15) is 29.8 Å². The maximum atomic E-state index is 12.7. The van der Waals surface area contributed by atoms with Gasteiger partial charge in [0, 0.05) is 42.7 Å². The third-order valence-electron chi connectivity index (χ3n) is 5.48. The standard InChI is InChI=1S/C20H24N6O4S/c1-3-12-6-13-17(22-10-23-19(13)31-12)21-5-4-16(28)25-8-14(15(27)9-25)26-7-11(2)18(29)24-20(26)30/h6-7,10,14-15,27H,3-5,8-9H2,1-2H3,(H,21,22,23)(H,24,29,30)/t14-,15-/m1/s1. The van der Waals surface area contributed by atoms with Crippen molar-refractivity contribution >= 4 is 33.3 Å². The lowest BCUT2D eigenvalue weighted by Gasteiger charge is -2.18. The number of thiophene rings is 1. The van der Waals surface area contributed by atoms with Crippen LogP contribution in [0, 0.1) is 6.92 Å². The predicted octanol–water partition coefficient (Wildman–Crippen LogP) is 0.659. The van der Waals surface area contributed by atoms with Crippen LogP contribution in [-0.2, 0) is 11.2 Å². The Bertz CT molecular complexity index is 1230. The number of hydrogen-bond donors (Lipinski definition) is 3. The molecule has 164 valence electrons. The lowest BCUT2D eigenvalue weighted by atomic mass is 10.2. The molecule has 1 saturated heterocycles. The fraction of sp³-hybridized carbons (Fsp3) is 0.450. The van der Waals surface area contributed by atoms with Crippen LogP contribution < -0.4 is 16.6 Å². The summed E-state index contributed by atoms with van der Waals surface area (Å²) in [6.07, 6.45) is 3.19. The molecule has 4 rings (SSSR count). The zero-order chi connectivity index (χ0) is 22.1. The number of amides is 1. The number of aromatic amines is 1. The molecule has 0 radical (unpaired) electrons. The molecule has 0 bridgehead atoms. The second-order valence-corrected chi connectivity index (χ2v) is 8.71. The van der Waals surface area contributed by atoms with E-state index in [4.69, 9.17) is 0 Å². The number of aliphatic hydroxyl groups excluding tert-OH is 1. The van der Waals surface area contributed by atoms with E-state index in [0.717, 1.165) is 16.6 Å². The Morgan fingerprint density at radius 2 is 2.16 bits per heavy atom. The molecule has 0 saturated carbocycles. The SMILES string of the molecule is CCc1cc2c(NCCC(=O)N3C[C@@H](O)[C@H](n4cc(C)c(=O)[nH]c4=O)C3)ncnc2s1. The van der Waals surface area contributed by atoms with Gasteiger partial charge in [-0.2, -0.15) is 0 Å². The number of likely N-dealkylation sites (tertiary alicyclic amines) is 1. The van der Waals surface area contributed by atoms with Crippen LogP contribution in [-0.4, -0.2) is 61.2 Å². The summed E-state index contributed by atoms with van der Waals surface area (Å²) in [4.78, 5) is 50.9. The molecule has 1 aliphatic rings. The molecule has 11 heteroatoms. The first-order valence-electron chi connectivity index (χ1n) is 10.1. The van der Waals surface area contributed by atoms with Crippen molar-refractivity contribution in [3.63, 3.8) is 0 Å². The summed E-state index contributed by atoms with van der Waals surface area (Å²) in [7, 11) is 0. The first-order valence-corrected chi connectivity index (χ1v) is 10.9. The molecular weight excluding hydrogens is 420 g/mol. The molecule has 4 heterocycles. The van der Waals surface area contributed by atoms with E-state index in [1.165, 1.54) is 22.0 Å². The molecule has 3 aromatic rings. The Morgan fingerprint density at radius 1 is 1.35 bits per heavy atom. The lowest BCUT2D eigenvalue weighted by molar-refractivity contribution is -0.130. The van der Waals surface area contributed by atoms with Crippen LogP contribution in [0.15, 0.2) is 28.2 Å². The number of nitrogens with zero attached hydrogens (tertiary/aromatic N) is 4.